The van der Waals surface area contributed by atoms with Crippen molar-refractivity contribution in [2.75, 3.05) is 0 Å². The van der Waals surface area contributed by atoms with Crippen LogP contribution in [0.25, 0.3) is 0 Å². The van der Waals surface area contributed by atoms with Crippen LogP contribution in [0.4, 0.5) is 0 Å². The molecule has 0 unspecified atom stereocenters. The van der Waals surface area contributed by atoms with Crippen molar-refractivity contribution < 1.29 is 9.53 Å². The third kappa shape index (κ3) is 4.82. The standard InChI is InChI=1S/C13H19O2/c1-2-3-4-8-11-15-13(14)12-9-6-5-7-10-12/h5-6,9,11H,2-4,7-8,10H2,1H3. The summed E-state index contributed by atoms with van der Waals surface area (Å²) in [5.74, 6) is -0.184. The summed E-state index contributed by atoms with van der Waals surface area (Å²) in [4.78, 5) is 11.5. The molecule has 0 bridgehead atoms. The summed E-state index contributed by atoms with van der Waals surface area (Å²) in [6.07, 6.45) is 11.9. The van der Waals surface area contributed by atoms with E-state index in [1.165, 1.54) is 12.8 Å². The van der Waals surface area contributed by atoms with Crippen LogP contribution in [0.2, 0.25) is 0 Å². The van der Waals surface area contributed by atoms with Crippen molar-refractivity contribution in [2.24, 2.45) is 0 Å². The first kappa shape index (κ1) is 12.0. The third-order valence-corrected chi connectivity index (χ3v) is 2.39. The van der Waals surface area contributed by atoms with Crippen LogP contribution in [0.1, 0.15) is 45.4 Å². The molecule has 1 radical (unpaired) electrons. The van der Waals surface area contributed by atoms with Gasteiger partial charge in [0.2, 0.25) is 0 Å². The maximum atomic E-state index is 11.5. The zero-order chi connectivity index (χ0) is 10.9. The van der Waals surface area contributed by atoms with E-state index in [2.05, 4.69) is 13.0 Å². The first-order valence-corrected chi connectivity index (χ1v) is 5.73. The molecule has 0 aliphatic heterocycles. The fourth-order valence-electron chi connectivity index (χ4n) is 1.46. The molecule has 0 saturated heterocycles. The summed E-state index contributed by atoms with van der Waals surface area (Å²) in [7, 11) is 0. The second-order valence-corrected chi connectivity index (χ2v) is 3.73. The SMILES string of the molecule is CCCCC[CH]OC(=O)C1=CC=CCC1. The highest BCUT2D eigenvalue weighted by atomic mass is 16.5. The van der Waals surface area contributed by atoms with Gasteiger partial charge in [-0.25, -0.2) is 4.79 Å². The monoisotopic (exact) mass is 207 g/mol. The average Bonchev–Trinajstić information content (AvgIpc) is 2.30. The van der Waals surface area contributed by atoms with Crippen LogP contribution in [-0.4, -0.2) is 5.97 Å². The molecule has 2 heteroatoms. The minimum absolute atomic E-state index is 0.184. The second kappa shape index (κ2) is 7.27. The van der Waals surface area contributed by atoms with Gasteiger partial charge in [-0.05, 0) is 25.7 Å². The smallest absolute Gasteiger partial charge is 0.334 e. The molecular formula is C13H19O2. The van der Waals surface area contributed by atoms with Crippen LogP contribution >= 0.6 is 0 Å². The zero-order valence-corrected chi connectivity index (χ0v) is 9.37. The number of carbonyl (C=O) groups is 1. The van der Waals surface area contributed by atoms with Crippen molar-refractivity contribution in [3.63, 3.8) is 0 Å². The van der Waals surface area contributed by atoms with Gasteiger partial charge >= 0.3 is 5.97 Å². The largest absolute Gasteiger partial charge is 0.455 e. The van der Waals surface area contributed by atoms with Gasteiger partial charge in [-0.1, -0.05) is 38.0 Å². The molecule has 1 rings (SSSR count). The molecule has 0 atom stereocenters. The highest BCUT2D eigenvalue weighted by molar-refractivity contribution is 5.89. The third-order valence-electron chi connectivity index (χ3n) is 2.39. The van der Waals surface area contributed by atoms with E-state index in [1.54, 1.807) is 6.61 Å². The number of carbonyl (C=O) groups excluding carboxylic acids is 1. The highest BCUT2D eigenvalue weighted by Gasteiger charge is 2.10. The van der Waals surface area contributed by atoms with Crippen molar-refractivity contribution in [3.05, 3.63) is 30.4 Å². The van der Waals surface area contributed by atoms with Gasteiger partial charge in [0.25, 0.3) is 0 Å². The summed E-state index contributed by atoms with van der Waals surface area (Å²) in [6.45, 7) is 3.79. The minimum atomic E-state index is -0.184. The average molecular weight is 207 g/mol. The van der Waals surface area contributed by atoms with Crippen LogP contribution in [0.5, 0.6) is 0 Å². The molecular weight excluding hydrogens is 188 g/mol. The van der Waals surface area contributed by atoms with E-state index in [9.17, 15) is 4.79 Å². The predicted octanol–water partition coefficient (Wildman–Crippen LogP) is 3.55. The Labute approximate surface area is 92.0 Å². The summed E-state index contributed by atoms with van der Waals surface area (Å²) in [6, 6.07) is 0. The topological polar surface area (TPSA) is 26.3 Å². The van der Waals surface area contributed by atoms with Gasteiger partial charge in [0.15, 0.2) is 0 Å². The lowest BCUT2D eigenvalue weighted by Crippen LogP contribution is -2.07. The normalized spacial score (nSPS) is 14.9. The van der Waals surface area contributed by atoms with Crippen LogP contribution in [0.15, 0.2) is 23.8 Å². The Hall–Kier alpha value is -1.05. The number of unbranched alkanes of at least 4 members (excludes halogenated alkanes) is 3. The van der Waals surface area contributed by atoms with Crippen LogP contribution in [0.3, 0.4) is 0 Å². The first-order chi connectivity index (χ1) is 7.34. The Morgan fingerprint density at radius 3 is 3.07 bits per heavy atom. The fourth-order valence-corrected chi connectivity index (χ4v) is 1.46. The Morgan fingerprint density at radius 2 is 2.40 bits per heavy atom. The molecule has 1 aliphatic carbocycles. The van der Waals surface area contributed by atoms with Gasteiger partial charge in [-0.15, -0.1) is 0 Å². The number of ether oxygens (including phenoxy) is 1. The molecule has 0 spiro atoms. The molecule has 0 aromatic carbocycles. The molecule has 0 N–H and O–H groups in total. The Balaban J connectivity index is 2.13. The lowest BCUT2D eigenvalue weighted by molar-refractivity contribution is -0.136. The molecule has 2 nitrogen and oxygen atoms in total. The van der Waals surface area contributed by atoms with Gasteiger partial charge in [0, 0.05) is 5.57 Å². The molecule has 83 valence electrons. The number of allylic oxidation sites excluding steroid dienone is 3. The second-order valence-electron chi connectivity index (χ2n) is 3.73. The maximum Gasteiger partial charge on any atom is 0.334 e. The van der Waals surface area contributed by atoms with Crippen LogP contribution in [0, 0.1) is 6.61 Å². The molecule has 1 aliphatic rings. The van der Waals surface area contributed by atoms with Gasteiger partial charge in [-0.3, -0.25) is 0 Å². The lowest BCUT2D eigenvalue weighted by atomic mass is 10.1. The number of rotatable bonds is 6. The van der Waals surface area contributed by atoms with E-state index in [-0.39, 0.29) is 5.97 Å². The molecule has 0 fully saturated rings. The highest BCUT2D eigenvalue weighted by Crippen LogP contribution is 2.14. The molecule has 0 saturated carbocycles. The molecule has 0 amide bonds. The van der Waals surface area contributed by atoms with E-state index < -0.39 is 0 Å². The van der Waals surface area contributed by atoms with E-state index in [0.29, 0.717) is 0 Å². The Morgan fingerprint density at radius 1 is 1.53 bits per heavy atom. The quantitative estimate of drug-likeness (QED) is 0.492. The summed E-state index contributed by atoms with van der Waals surface area (Å²) in [5.41, 5.74) is 0.782. The summed E-state index contributed by atoms with van der Waals surface area (Å²) >= 11 is 0. The van der Waals surface area contributed by atoms with Crippen molar-refractivity contribution in [1.29, 1.82) is 0 Å². The number of esters is 1. The number of hydrogen-bond acceptors (Lipinski definition) is 2. The minimum Gasteiger partial charge on any atom is -0.455 e. The van der Waals surface area contributed by atoms with E-state index in [0.717, 1.165) is 31.3 Å². The van der Waals surface area contributed by atoms with E-state index >= 15 is 0 Å². The fraction of sp³-hybridized carbons (Fsp3) is 0.538. The zero-order valence-electron chi connectivity index (χ0n) is 9.37. The van der Waals surface area contributed by atoms with E-state index in [1.807, 2.05) is 12.2 Å². The summed E-state index contributed by atoms with van der Waals surface area (Å²) in [5, 5.41) is 0. The van der Waals surface area contributed by atoms with Gasteiger partial charge in [0.05, 0.1) is 0 Å². The Bertz CT molecular complexity index is 251. The molecule has 0 heterocycles. The maximum absolute atomic E-state index is 11.5. The predicted molar refractivity (Wildman–Crippen MR) is 61.0 cm³/mol. The van der Waals surface area contributed by atoms with Crippen LogP contribution in [-0.2, 0) is 9.53 Å². The van der Waals surface area contributed by atoms with Crippen molar-refractivity contribution in [2.45, 2.75) is 45.4 Å². The van der Waals surface area contributed by atoms with Gasteiger partial charge in [-0.2, -0.15) is 0 Å². The van der Waals surface area contributed by atoms with E-state index in [4.69, 9.17) is 4.74 Å². The first-order valence-electron chi connectivity index (χ1n) is 5.73. The van der Waals surface area contributed by atoms with Gasteiger partial charge in [0.1, 0.15) is 6.61 Å². The van der Waals surface area contributed by atoms with Crippen LogP contribution < -0.4 is 0 Å². The van der Waals surface area contributed by atoms with Gasteiger partial charge < -0.3 is 4.74 Å². The Kier molecular flexibility index (Phi) is 5.83. The molecule has 15 heavy (non-hydrogen) atoms. The van der Waals surface area contributed by atoms with Crippen molar-refractivity contribution in [1.82, 2.24) is 0 Å². The summed E-state index contributed by atoms with van der Waals surface area (Å²) < 4.78 is 5.06. The molecule has 0 aromatic heterocycles. The number of hydrogen-bond donors (Lipinski definition) is 0. The van der Waals surface area contributed by atoms with Crippen molar-refractivity contribution in [3.8, 4) is 0 Å². The lowest BCUT2D eigenvalue weighted by Gasteiger charge is -2.08. The van der Waals surface area contributed by atoms with Crippen molar-refractivity contribution >= 4 is 5.97 Å². The molecule has 0 aromatic rings.